The lowest BCUT2D eigenvalue weighted by Crippen LogP contribution is -2.29. The van der Waals surface area contributed by atoms with Crippen molar-refractivity contribution in [2.75, 3.05) is 0 Å². The fraction of sp³-hybridized carbons (Fsp3) is 0.182. The maximum Gasteiger partial charge on any atom is 0.261 e. The van der Waals surface area contributed by atoms with Gasteiger partial charge in [0, 0.05) is 12.0 Å². The number of rotatable bonds is 3. The third kappa shape index (κ3) is 2.25. The Kier molecular flexibility index (Phi) is 3.04. The number of benzene rings is 1. The molecular weight excluding hydrogens is 222 g/mol. The molecule has 3 N–H and O–H groups in total. The minimum atomic E-state index is -0.787. The molecule has 0 aliphatic carbocycles. The van der Waals surface area contributed by atoms with Crippen molar-refractivity contribution < 1.29 is 14.8 Å². The summed E-state index contributed by atoms with van der Waals surface area (Å²) in [6, 6.07) is 9.01. The van der Waals surface area contributed by atoms with Crippen LogP contribution in [0.3, 0.4) is 0 Å². The number of nitrogens with zero attached hydrogens (tertiary/aromatic N) is 2. The van der Waals surface area contributed by atoms with E-state index in [0.29, 0.717) is 11.3 Å². The lowest BCUT2D eigenvalue weighted by Gasteiger charge is -2.03. The van der Waals surface area contributed by atoms with Gasteiger partial charge in [-0.15, -0.1) is 0 Å². The number of carbonyl (C=O) groups is 1. The number of hydrogen-bond donors (Lipinski definition) is 2. The van der Waals surface area contributed by atoms with Crippen LogP contribution in [0.1, 0.15) is 12.0 Å². The molecule has 0 spiro atoms. The summed E-state index contributed by atoms with van der Waals surface area (Å²) in [6.45, 7) is 0. The molecule has 1 unspecified atom stereocenters. The Morgan fingerprint density at radius 1 is 1.47 bits per heavy atom. The van der Waals surface area contributed by atoms with Gasteiger partial charge >= 0.3 is 0 Å². The molecule has 1 aromatic carbocycles. The predicted octanol–water partition coefficient (Wildman–Crippen LogP) is 0.495. The van der Waals surface area contributed by atoms with Gasteiger partial charge in [0.25, 0.3) is 5.91 Å². The highest BCUT2D eigenvalue weighted by Crippen LogP contribution is 2.14. The molecule has 2 rings (SSSR count). The Labute approximate surface area is 97.4 Å². The highest BCUT2D eigenvalue weighted by atomic mass is 16.6. The number of amides is 1. The Morgan fingerprint density at radius 3 is 2.71 bits per heavy atom. The second-order valence-corrected chi connectivity index (χ2v) is 3.55. The molecule has 6 heteroatoms. The van der Waals surface area contributed by atoms with Crippen LogP contribution in [-0.2, 0) is 9.63 Å². The zero-order valence-electron chi connectivity index (χ0n) is 8.91. The molecule has 6 nitrogen and oxygen atoms in total. The van der Waals surface area contributed by atoms with Gasteiger partial charge in [-0.05, 0) is 0 Å². The Hall–Kier alpha value is -2.37. The third-order valence-corrected chi connectivity index (χ3v) is 2.41. The largest absolute Gasteiger partial charge is 0.410 e. The molecule has 88 valence electrons. The van der Waals surface area contributed by atoms with E-state index in [9.17, 15) is 4.79 Å². The van der Waals surface area contributed by atoms with Gasteiger partial charge in [0.2, 0.25) is 6.10 Å². The van der Waals surface area contributed by atoms with E-state index < -0.39 is 12.0 Å². The quantitative estimate of drug-likeness (QED) is 0.451. The molecule has 1 amide bonds. The summed E-state index contributed by atoms with van der Waals surface area (Å²) in [4.78, 5) is 15.8. The van der Waals surface area contributed by atoms with Crippen LogP contribution in [0, 0.1) is 0 Å². The molecule has 1 aliphatic heterocycles. The van der Waals surface area contributed by atoms with Crippen LogP contribution in [0.4, 0.5) is 0 Å². The van der Waals surface area contributed by atoms with Gasteiger partial charge in [0.15, 0.2) is 0 Å². The lowest BCUT2D eigenvalue weighted by atomic mass is 10.0. The van der Waals surface area contributed by atoms with Crippen LogP contribution in [-0.4, -0.2) is 28.6 Å². The average molecular weight is 233 g/mol. The van der Waals surface area contributed by atoms with Crippen LogP contribution in [0.25, 0.3) is 0 Å². The van der Waals surface area contributed by atoms with E-state index in [1.165, 1.54) is 0 Å². The molecule has 0 saturated heterocycles. The zero-order valence-corrected chi connectivity index (χ0v) is 8.91. The SMILES string of the molecule is NC(=O)C1CC(/C(=N/O)c2ccccc2)=NO1. The monoisotopic (exact) mass is 233 g/mol. The van der Waals surface area contributed by atoms with E-state index in [1.807, 2.05) is 18.2 Å². The Bertz CT molecular complexity index is 482. The lowest BCUT2D eigenvalue weighted by molar-refractivity contribution is -0.127. The van der Waals surface area contributed by atoms with E-state index in [1.54, 1.807) is 12.1 Å². The summed E-state index contributed by atoms with van der Waals surface area (Å²) < 4.78 is 0. The summed E-state index contributed by atoms with van der Waals surface area (Å²) in [5.74, 6) is -0.589. The van der Waals surface area contributed by atoms with Crippen LogP contribution < -0.4 is 5.73 Å². The summed E-state index contributed by atoms with van der Waals surface area (Å²) in [5, 5.41) is 15.9. The topological polar surface area (TPSA) is 97.3 Å². The van der Waals surface area contributed by atoms with Crippen molar-refractivity contribution in [2.45, 2.75) is 12.5 Å². The van der Waals surface area contributed by atoms with Gasteiger partial charge in [-0.2, -0.15) is 0 Å². The van der Waals surface area contributed by atoms with Crippen LogP contribution in [0.5, 0.6) is 0 Å². The fourth-order valence-corrected chi connectivity index (χ4v) is 1.55. The van der Waals surface area contributed by atoms with Crippen molar-refractivity contribution in [3.05, 3.63) is 35.9 Å². The van der Waals surface area contributed by atoms with Crippen molar-refractivity contribution in [3.63, 3.8) is 0 Å². The maximum absolute atomic E-state index is 10.9. The van der Waals surface area contributed by atoms with Gasteiger partial charge in [-0.25, -0.2) is 0 Å². The van der Waals surface area contributed by atoms with E-state index in [0.717, 1.165) is 0 Å². The minimum Gasteiger partial charge on any atom is -0.410 e. The predicted molar refractivity (Wildman–Crippen MR) is 60.9 cm³/mol. The third-order valence-electron chi connectivity index (χ3n) is 2.41. The smallest absolute Gasteiger partial charge is 0.261 e. The Morgan fingerprint density at radius 2 is 2.18 bits per heavy atom. The van der Waals surface area contributed by atoms with Crippen LogP contribution in [0.15, 0.2) is 40.6 Å². The first-order valence-corrected chi connectivity index (χ1v) is 5.02. The summed E-state index contributed by atoms with van der Waals surface area (Å²) in [6.07, 6.45) is -0.575. The van der Waals surface area contributed by atoms with Crippen molar-refractivity contribution in [2.24, 2.45) is 16.0 Å². The highest BCUT2D eigenvalue weighted by Gasteiger charge is 2.29. The first-order valence-electron chi connectivity index (χ1n) is 5.02. The summed E-state index contributed by atoms with van der Waals surface area (Å²) in [5.41, 5.74) is 6.49. The molecule has 0 saturated carbocycles. The van der Waals surface area contributed by atoms with E-state index >= 15 is 0 Å². The second-order valence-electron chi connectivity index (χ2n) is 3.55. The first-order chi connectivity index (χ1) is 8.22. The molecule has 0 aromatic heterocycles. The van der Waals surface area contributed by atoms with Crippen molar-refractivity contribution in [1.29, 1.82) is 0 Å². The first kappa shape index (κ1) is 11.1. The Balaban J connectivity index is 2.20. The molecule has 1 heterocycles. The molecule has 1 aliphatic rings. The van der Waals surface area contributed by atoms with Crippen molar-refractivity contribution in [3.8, 4) is 0 Å². The van der Waals surface area contributed by atoms with Crippen LogP contribution >= 0.6 is 0 Å². The van der Waals surface area contributed by atoms with E-state index in [-0.39, 0.29) is 12.1 Å². The summed E-state index contributed by atoms with van der Waals surface area (Å²) in [7, 11) is 0. The van der Waals surface area contributed by atoms with E-state index in [4.69, 9.17) is 15.8 Å². The van der Waals surface area contributed by atoms with E-state index in [2.05, 4.69) is 10.3 Å². The van der Waals surface area contributed by atoms with Gasteiger partial charge in [-0.1, -0.05) is 40.6 Å². The molecule has 0 fully saturated rings. The number of carbonyl (C=O) groups excluding carboxylic acids is 1. The number of primary amides is 1. The number of nitrogens with two attached hydrogens (primary N) is 1. The number of oxime groups is 2. The van der Waals surface area contributed by atoms with Gasteiger partial charge in [0.1, 0.15) is 11.4 Å². The minimum absolute atomic E-state index is 0.212. The summed E-state index contributed by atoms with van der Waals surface area (Å²) >= 11 is 0. The molecule has 0 bridgehead atoms. The maximum atomic E-state index is 10.9. The van der Waals surface area contributed by atoms with Gasteiger partial charge < -0.3 is 15.8 Å². The number of hydrogen-bond acceptors (Lipinski definition) is 5. The molecule has 0 radical (unpaired) electrons. The fourth-order valence-electron chi connectivity index (χ4n) is 1.55. The standard InChI is InChI=1S/C11H11N3O3/c12-11(15)9-6-8(14-17-9)10(13-16)7-4-2-1-3-5-7/h1-5,9,16H,6H2,(H2,12,15)/b13-10+. The molecule has 1 atom stereocenters. The molecule has 17 heavy (non-hydrogen) atoms. The molecule has 1 aromatic rings. The average Bonchev–Trinajstić information content (AvgIpc) is 2.81. The normalized spacial score (nSPS) is 19.6. The second kappa shape index (κ2) is 4.65. The van der Waals surface area contributed by atoms with Crippen molar-refractivity contribution >= 4 is 17.3 Å². The van der Waals surface area contributed by atoms with Crippen molar-refractivity contribution in [1.82, 2.24) is 0 Å². The van der Waals surface area contributed by atoms with Gasteiger partial charge in [-0.3, -0.25) is 4.79 Å². The van der Waals surface area contributed by atoms with Gasteiger partial charge in [0.05, 0.1) is 0 Å². The zero-order chi connectivity index (χ0) is 12.3. The molecular formula is C11H11N3O3. The highest BCUT2D eigenvalue weighted by molar-refractivity contribution is 6.48. The van der Waals surface area contributed by atoms with Crippen LogP contribution in [0.2, 0.25) is 0 Å².